The SMILES string of the molecule is CCN(Cc1ccccc1)C(=O)C1CCN(S(=O)(=O)c2ccc(C(C)(C)C)cc2)CC1. The quantitative estimate of drug-likeness (QED) is 0.665. The molecule has 0 aliphatic carbocycles. The highest BCUT2D eigenvalue weighted by atomic mass is 32.2. The summed E-state index contributed by atoms with van der Waals surface area (Å²) in [7, 11) is -3.54. The molecule has 0 atom stereocenters. The third-order valence-corrected chi connectivity index (χ3v) is 7.98. The van der Waals surface area contributed by atoms with Gasteiger partial charge in [0, 0.05) is 32.1 Å². The van der Waals surface area contributed by atoms with Gasteiger partial charge in [0.05, 0.1) is 4.90 Å². The molecule has 5 nitrogen and oxygen atoms in total. The first-order valence-electron chi connectivity index (χ1n) is 11.1. The minimum atomic E-state index is -3.54. The van der Waals surface area contributed by atoms with Crippen molar-refractivity contribution in [2.75, 3.05) is 19.6 Å². The monoisotopic (exact) mass is 442 g/mol. The van der Waals surface area contributed by atoms with Crippen LogP contribution in [-0.2, 0) is 26.8 Å². The summed E-state index contributed by atoms with van der Waals surface area (Å²) in [6, 6.07) is 17.2. The number of nitrogens with zero attached hydrogens (tertiary/aromatic N) is 2. The fourth-order valence-corrected chi connectivity index (χ4v) is 5.50. The molecule has 0 spiro atoms. The summed E-state index contributed by atoms with van der Waals surface area (Å²) >= 11 is 0. The van der Waals surface area contributed by atoms with Crippen molar-refractivity contribution >= 4 is 15.9 Å². The van der Waals surface area contributed by atoms with Crippen LogP contribution in [0.25, 0.3) is 0 Å². The first-order valence-corrected chi connectivity index (χ1v) is 12.5. The van der Waals surface area contributed by atoms with Crippen LogP contribution < -0.4 is 0 Å². The lowest BCUT2D eigenvalue weighted by atomic mass is 9.87. The fraction of sp³-hybridized carbons (Fsp3) is 0.480. The van der Waals surface area contributed by atoms with E-state index in [0.29, 0.717) is 43.9 Å². The van der Waals surface area contributed by atoms with Crippen LogP contribution in [0.15, 0.2) is 59.5 Å². The van der Waals surface area contributed by atoms with Gasteiger partial charge in [-0.15, -0.1) is 0 Å². The fourth-order valence-electron chi connectivity index (χ4n) is 4.03. The highest BCUT2D eigenvalue weighted by molar-refractivity contribution is 7.89. The smallest absolute Gasteiger partial charge is 0.243 e. The molecule has 31 heavy (non-hydrogen) atoms. The average Bonchev–Trinajstić information content (AvgIpc) is 2.77. The van der Waals surface area contributed by atoms with Gasteiger partial charge in [-0.3, -0.25) is 4.79 Å². The summed E-state index contributed by atoms with van der Waals surface area (Å²) in [6.07, 6.45) is 1.12. The van der Waals surface area contributed by atoms with Gasteiger partial charge >= 0.3 is 0 Å². The molecule has 2 aromatic rings. The van der Waals surface area contributed by atoms with Gasteiger partial charge in [0.1, 0.15) is 0 Å². The van der Waals surface area contributed by atoms with Gasteiger partial charge in [-0.25, -0.2) is 8.42 Å². The van der Waals surface area contributed by atoms with Crippen LogP contribution in [-0.4, -0.2) is 43.2 Å². The third-order valence-electron chi connectivity index (χ3n) is 6.07. The second-order valence-corrected chi connectivity index (χ2v) is 11.2. The largest absolute Gasteiger partial charge is 0.338 e. The van der Waals surface area contributed by atoms with Crippen LogP contribution >= 0.6 is 0 Å². The number of amides is 1. The molecule has 168 valence electrons. The predicted molar refractivity (Wildman–Crippen MR) is 124 cm³/mol. The average molecular weight is 443 g/mol. The van der Waals surface area contributed by atoms with Crippen molar-refractivity contribution in [1.29, 1.82) is 0 Å². The van der Waals surface area contributed by atoms with Crippen molar-refractivity contribution in [3.8, 4) is 0 Å². The Bertz CT molecular complexity index is 972. The van der Waals surface area contributed by atoms with E-state index in [1.54, 1.807) is 12.1 Å². The van der Waals surface area contributed by atoms with Gasteiger partial charge in [0.15, 0.2) is 0 Å². The summed E-state index contributed by atoms with van der Waals surface area (Å²) in [5, 5.41) is 0. The molecule has 1 aliphatic heterocycles. The lowest BCUT2D eigenvalue weighted by molar-refractivity contribution is -0.137. The Morgan fingerprint density at radius 1 is 1.00 bits per heavy atom. The molecular weight excluding hydrogens is 408 g/mol. The van der Waals surface area contributed by atoms with E-state index >= 15 is 0 Å². The minimum absolute atomic E-state index is 0.0219. The lowest BCUT2D eigenvalue weighted by Gasteiger charge is -2.33. The van der Waals surface area contributed by atoms with Gasteiger partial charge in [-0.2, -0.15) is 4.31 Å². The van der Waals surface area contributed by atoms with Crippen LogP contribution in [0, 0.1) is 5.92 Å². The Labute approximate surface area is 187 Å². The van der Waals surface area contributed by atoms with E-state index < -0.39 is 10.0 Å². The van der Waals surface area contributed by atoms with Gasteiger partial charge in [0.25, 0.3) is 0 Å². The molecule has 0 radical (unpaired) electrons. The number of rotatable bonds is 6. The maximum absolute atomic E-state index is 13.1. The zero-order valence-corrected chi connectivity index (χ0v) is 19.9. The van der Waals surface area contributed by atoms with Crippen LogP contribution in [0.2, 0.25) is 0 Å². The van der Waals surface area contributed by atoms with Crippen molar-refractivity contribution in [1.82, 2.24) is 9.21 Å². The molecule has 0 bridgehead atoms. The molecule has 1 aliphatic rings. The zero-order valence-electron chi connectivity index (χ0n) is 19.0. The van der Waals surface area contributed by atoms with E-state index in [0.717, 1.165) is 11.1 Å². The van der Waals surface area contributed by atoms with Gasteiger partial charge in [0.2, 0.25) is 15.9 Å². The normalized spacial score (nSPS) is 16.3. The first-order chi connectivity index (χ1) is 14.6. The number of hydrogen-bond acceptors (Lipinski definition) is 3. The summed E-state index contributed by atoms with van der Waals surface area (Å²) < 4.78 is 27.7. The molecule has 0 saturated carbocycles. The molecule has 3 rings (SSSR count). The van der Waals surface area contributed by atoms with E-state index in [2.05, 4.69) is 20.8 Å². The number of carbonyl (C=O) groups is 1. The van der Waals surface area contributed by atoms with E-state index in [1.165, 1.54) is 4.31 Å². The number of benzene rings is 2. The van der Waals surface area contributed by atoms with Gasteiger partial charge < -0.3 is 4.90 Å². The molecule has 1 saturated heterocycles. The molecule has 2 aromatic carbocycles. The van der Waals surface area contributed by atoms with E-state index in [9.17, 15) is 13.2 Å². The highest BCUT2D eigenvalue weighted by Gasteiger charge is 2.33. The second-order valence-electron chi connectivity index (χ2n) is 9.29. The zero-order chi connectivity index (χ0) is 22.6. The molecule has 0 N–H and O–H groups in total. The maximum atomic E-state index is 13.1. The summed E-state index contributed by atoms with van der Waals surface area (Å²) in [5.41, 5.74) is 2.19. The third kappa shape index (κ3) is 5.55. The van der Waals surface area contributed by atoms with Crippen molar-refractivity contribution in [3.05, 3.63) is 65.7 Å². The van der Waals surface area contributed by atoms with Crippen LogP contribution in [0.5, 0.6) is 0 Å². The van der Waals surface area contributed by atoms with Crippen LogP contribution in [0.3, 0.4) is 0 Å². The topological polar surface area (TPSA) is 57.7 Å². The summed E-state index contributed by atoms with van der Waals surface area (Å²) in [6.45, 7) is 10.3. The molecule has 0 unspecified atom stereocenters. The number of carbonyl (C=O) groups excluding carboxylic acids is 1. The maximum Gasteiger partial charge on any atom is 0.243 e. The first kappa shape index (κ1) is 23.5. The summed E-state index contributed by atoms with van der Waals surface area (Å²) in [4.78, 5) is 15.2. The Morgan fingerprint density at radius 3 is 2.10 bits per heavy atom. The van der Waals surface area contributed by atoms with E-state index in [1.807, 2.05) is 54.3 Å². The Hall–Kier alpha value is -2.18. The Balaban J connectivity index is 1.63. The molecule has 6 heteroatoms. The Kier molecular flexibility index (Phi) is 7.22. The van der Waals surface area contributed by atoms with Crippen LogP contribution in [0.1, 0.15) is 51.7 Å². The molecular formula is C25H34N2O3S. The van der Waals surface area contributed by atoms with E-state index in [-0.39, 0.29) is 17.2 Å². The highest BCUT2D eigenvalue weighted by Crippen LogP contribution is 2.28. The number of hydrogen-bond donors (Lipinski definition) is 0. The number of sulfonamides is 1. The van der Waals surface area contributed by atoms with Gasteiger partial charge in [-0.1, -0.05) is 63.2 Å². The van der Waals surface area contributed by atoms with Crippen molar-refractivity contribution < 1.29 is 13.2 Å². The van der Waals surface area contributed by atoms with E-state index in [4.69, 9.17) is 0 Å². The standard InChI is InChI=1S/C25H34N2O3S/c1-5-26(19-20-9-7-6-8-10-20)24(28)21-15-17-27(18-16-21)31(29,30)23-13-11-22(12-14-23)25(2,3)4/h6-14,21H,5,15-19H2,1-4H3. The van der Waals surface area contributed by atoms with Crippen molar-refractivity contribution in [2.45, 2.75) is 57.4 Å². The van der Waals surface area contributed by atoms with Crippen LogP contribution in [0.4, 0.5) is 0 Å². The molecule has 1 heterocycles. The van der Waals surface area contributed by atoms with Gasteiger partial charge in [-0.05, 0) is 48.4 Å². The second kappa shape index (κ2) is 9.53. The number of piperidine rings is 1. The van der Waals surface area contributed by atoms with Crippen molar-refractivity contribution in [2.24, 2.45) is 5.92 Å². The molecule has 0 aromatic heterocycles. The summed E-state index contributed by atoms with van der Waals surface area (Å²) in [5.74, 6) is -0.00342. The minimum Gasteiger partial charge on any atom is -0.338 e. The molecule has 1 fully saturated rings. The Morgan fingerprint density at radius 2 is 1.58 bits per heavy atom. The predicted octanol–water partition coefficient (Wildman–Crippen LogP) is 4.43. The molecule has 1 amide bonds. The lowest BCUT2D eigenvalue weighted by Crippen LogP contribution is -2.44. The van der Waals surface area contributed by atoms with Crippen molar-refractivity contribution in [3.63, 3.8) is 0 Å².